The van der Waals surface area contributed by atoms with Crippen molar-refractivity contribution in [3.05, 3.63) is 80.7 Å². The van der Waals surface area contributed by atoms with Crippen molar-refractivity contribution in [2.75, 3.05) is 19.6 Å². The van der Waals surface area contributed by atoms with Gasteiger partial charge in [-0.05, 0) is 56.6 Å². The van der Waals surface area contributed by atoms with Crippen molar-refractivity contribution in [2.45, 2.75) is 25.8 Å². The summed E-state index contributed by atoms with van der Waals surface area (Å²) < 4.78 is 5.69. The number of hydrogen-bond acceptors (Lipinski definition) is 4. The maximum Gasteiger partial charge on any atom is 0.287 e. The van der Waals surface area contributed by atoms with E-state index in [1.165, 1.54) is 6.07 Å². The molecule has 150 valence electrons. The Balaban J connectivity index is 1.57. The van der Waals surface area contributed by atoms with Gasteiger partial charge in [0.05, 0.1) is 11.4 Å². The number of nitrogens with one attached hydrogen (secondary N) is 1. The lowest BCUT2D eigenvalue weighted by Gasteiger charge is -2.28. The van der Waals surface area contributed by atoms with Crippen molar-refractivity contribution >= 4 is 28.5 Å². The van der Waals surface area contributed by atoms with Crippen molar-refractivity contribution < 1.29 is 9.21 Å². The Morgan fingerprint density at radius 3 is 2.69 bits per heavy atom. The van der Waals surface area contributed by atoms with Crippen LogP contribution in [0, 0.1) is 6.92 Å². The van der Waals surface area contributed by atoms with Gasteiger partial charge in [0.1, 0.15) is 5.58 Å². The number of amides is 1. The second kappa shape index (κ2) is 8.39. The van der Waals surface area contributed by atoms with Gasteiger partial charge in [-0.2, -0.15) is 0 Å². The van der Waals surface area contributed by atoms with Crippen LogP contribution in [0.2, 0.25) is 5.02 Å². The van der Waals surface area contributed by atoms with Crippen molar-refractivity contribution in [3.63, 3.8) is 0 Å². The summed E-state index contributed by atoms with van der Waals surface area (Å²) in [6.45, 7) is 4.23. The molecule has 0 radical (unpaired) electrons. The molecule has 3 aromatic rings. The molecule has 1 aromatic heterocycles. The van der Waals surface area contributed by atoms with Crippen LogP contribution in [0.1, 0.15) is 40.6 Å². The predicted molar refractivity (Wildman–Crippen MR) is 115 cm³/mol. The Kier molecular flexibility index (Phi) is 5.69. The standard InChI is InChI=1S/C23H23ClN2O3/c1-15-8-9-21-17(12-15)20(27)13-22(29-21)23(28)25-14-19(26-10-4-5-11-26)16-6-2-3-7-18(16)24/h2-3,6-9,12-13,19H,4-5,10-11,14H2,1H3,(H,25,28). The van der Waals surface area contributed by atoms with Crippen molar-refractivity contribution in [2.24, 2.45) is 0 Å². The minimum atomic E-state index is -0.402. The van der Waals surface area contributed by atoms with E-state index in [4.69, 9.17) is 16.0 Å². The first-order valence-corrected chi connectivity index (χ1v) is 10.2. The van der Waals surface area contributed by atoms with E-state index in [1.807, 2.05) is 37.3 Å². The Morgan fingerprint density at radius 2 is 1.93 bits per heavy atom. The molecule has 2 aromatic carbocycles. The minimum absolute atomic E-state index is 0.0192. The second-order valence-electron chi connectivity index (χ2n) is 7.46. The molecule has 1 unspecified atom stereocenters. The molecule has 4 rings (SSSR count). The van der Waals surface area contributed by atoms with Gasteiger partial charge in [-0.25, -0.2) is 0 Å². The second-order valence-corrected chi connectivity index (χ2v) is 7.87. The van der Waals surface area contributed by atoms with E-state index in [0.717, 1.165) is 37.1 Å². The number of halogens is 1. The first kappa shape index (κ1) is 19.7. The average molecular weight is 411 g/mol. The summed E-state index contributed by atoms with van der Waals surface area (Å²) in [6.07, 6.45) is 2.27. The third-order valence-electron chi connectivity index (χ3n) is 5.41. The summed E-state index contributed by atoms with van der Waals surface area (Å²) in [7, 11) is 0. The lowest BCUT2D eigenvalue weighted by atomic mass is 10.1. The lowest BCUT2D eigenvalue weighted by molar-refractivity contribution is 0.0910. The molecule has 5 nitrogen and oxygen atoms in total. The zero-order valence-electron chi connectivity index (χ0n) is 16.3. The highest BCUT2D eigenvalue weighted by Crippen LogP contribution is 2.29. The van der Waals surface area contributed by atoms with Gasteiger partial charge in [0.15, 0.2) is 11.2 Å². The smallest absolute Gasteiger partial charge is 0.287 e. The van der Waals surface area contributed by atoms with E-state index < -0.39 is 5.91 Å². The summed E-state index contributed by atoms with van der Waals surface area (Å²) in [5.74, 6) is -0.383. The highest BCUT2D eigenvalue weighted by atomic mass is 35.5. The van der Waals surface area contributed by atoms with Gasteiger partial charge in [0, 0.05) is 17.6 Å². The first-order valence-electron chi connectivity index (χ1n) is 9.84. The zero-order valence-corrected chi connectivity index (χ0v) is 17.0. The van der Waals surface area contributed by atoms with Gasteiger partial charge in [-0.3, -0.25) is 14.5 Å². The third kappa shape index (κ3) is 4.21. The highest BCUT2D eigenvalue weighted by Gasteiger charge is 2.26. The Hall–Kier alpha value is -2.63. The van der Waals surface area contributed by atoms with Crippen LogP contribution in [0.15, 0.2) is 57.7 Å². The maximum absolute atomic E-state index is 12.7. The molecule has 0 spiro atoms. The Morgan fingerprint density at radius 1 is 1.17 bits per heavy atom. The van der Waals surface area contributed by atoms with Crippen LogP contribution in [-0.2, 0) is 0 Å². The Bertz CT molecular complexity index is 1100. The van der Waals surface area contributed by atoms with Crippen molar-refractivity contribution in [1.82, 2.24) is 10.2 Å². The van der Waals surface area contributed by atoms with Gasteiger partial charge in [0.25, 0.3) is 5.91 Å². The fourth-order valence-corrected chi connectivity index (χ4v) is 4.15. The van der Waals surface area contributed by atoms with Gasteiger partial charge < -0.3 is 9.73 Å². The summed E-state index contributed by atoms with van der Waals surface area (Å²) in [6, 6.07) is 14.3. The van der Waals surface area contributed by atoms with Crippen molar-refractivity contribution in [3.8, 4) is 0 Å². The molecule has 29 heavy (non-hydrogen) atoms. The van der Waals surface area contributed by atoms with Crippen LogP contribution in [0.25, 0.3) is 11.0 Å². The molecule has 1 saturated heterocycles. The quantitative estimate of drug-likeness (QED) is 0.680. The third-order valence-corrected chi connectivity index (χ3v) is 5.75. The summed E-state index contributed by atoms with van der Waals surface area (Å²) in [5, 5.41) is 4.10. The predicted octanol–water partition coefficient (Wildman–Crippen LogP) is 4.32. The molecule has 0 saturated carbocycles. The van der Waals surface area contributed by atoms with Crippen LogP contribution in [0.4, 0.5) is 0 Å². The number of hydrogen-bond donors (Lipinski definition) is 1. The van der Waals surface area contributed by atoms with Crippen LogP contribution in [-0.4, -0.2) is 30.4 Å². The molecule has 6 heteroatoms. The normalized spacial score (nSPS) is 15.5. The van der Waals surface area contributed by atoms with E-state index in [2.05, 4.69) is 10.2 Å². The summed E-state index contributed by atoms with van der Waals surface area (Å²) in [5.41, 5.74) is 2.15. The number of carbonyl (C=O) groups excluding carboxylic acids is 1. The molecule has 1 aliphatic heterocycles. The molecule has 1 atom stereocenters. The van der Waals surface area contributed by atoms with Gasteiger partial charge in [-0.15, -0.1) is 0 Å². The number of nitrogens with zero attached hydrogens (tertiary/aromatic N) is 1. The highest BCUT2D eigenvalue weighted by molar-refractivity contribution is 6.31. The summed E-state index contributed by atoms with van der Waals surface area (Å²) >= 11 is 6.43. The van der Waals surface area contributed by atoms with E-state index in [1.54, 1.807) is 12.1 Å². The van der Waals surface area contributed by atoms with E-state index >= 15 is 0 Å². The zero-order chi connectivity index (χ0) is 20.4. The fraction of sp³-hybridized carbons (Fsp3) is 0.304. The molecule has 1 aliphatic rings. The number of fused-ring (bicyclic) bond motifs is 1. The largest absolute Gasteiger partial charge is 0.451 e. The van der Waals surface area contributed by atoms with Gasteiger partial charge in [-0.1, -0.05) is 41.4 Å². The SMILES string of the molecule is Cc1ccc2oc(C(=O)NCC(c3ccccc3Cl)N3CCCC3)cc(=O)c2c1. The van der Waals surface area contributed by atoms with Crippen molar-refractivity contribution in [1.29, 1.82) is 0 Å². The molecule has 1 amide bonds. The lowest BCUT2D eigenvalue weighted by Crippen LogP contribution is -2.37. The van der Waals surface area contributed by atoms with Crippen LogP contribution < -0.4 is 10.7 Å². The number of benzene rings is 2. The average Bonchev–Trinajstić information content (AvgIpc) is 3.24. The molecule has 0 bridgehead atoms. The van der Waals surface area contributed by atoms with E-state index in [9.17, 15) is 9.59 Å². The summed E-state index contributed by atoms with van der Waals surface area (Å²) in [4.78, 5) is 27.5. The first-order chi connectivity index (χ1) is 14.0. The van der Waals surface area contributed by atoms with Crippen LogP contribution in [0.3, 0.4) is 0 Å². The maximum atomic E-state index is 12.7. The number of carbonyl (C=O) groups is 1. The molecule has 1 N–H and O–H groups in total. The monoisotopic (exact) mass is 410 g/mol. The molecular weight excluding hydrogens is 388 g/mol. The van der Waals surface area contributed by atoms with E-state index in [0.29, 0.717) is 22.5 Å². The number of aryl methyl sites for hydroxylation is 1. The number of rotatable bonds is 5. The fourth-order valence-electron chi connectivity index (χ4n) is 3.89. The number of likely N-dealkylation sites (tertiary alicyclic amines) is 1. The molecule has 2 heterocycles. The van der Waals surface area contributed by atoms with E-state index in [-0.39, 0.29) is 17.2 Å². The van der Waals surface area contributed by atoms with Gasteiger partial charge >= 0.3 is 0 Å². The van der Waals surface area contributed by atoms with Crippen LogP contribution >= 0.6 is 11.6 Å². The topological polar surface area (TPSA) is 62.6 Å². The molecule has 1 fully saturated rings. The minimum Gasteiger partial charge on any atom is -0.451 e. The van der Waals surface area contributed by atoms with Gasteiger partial charge in [0.2, 0.25) is 0 Å². The molecule has 0 aliphatic carbocycles. The van der Waals surface area contributed by atoms with Crippen LogP contribution in [0.5, 0.6) is 0 Å². The Labute approximate surface area is 174 Å². The molecular formula is C23H23ClN2O3.